The molecule has 11 heteroatoms. The van der Waals surface area contributed by atoms with E-state index in [9.17, 15) is 9.59 Å². The van der Waals surface area contributed by atoms with Gasteiger partial charge in [0.15, 0.2) is 0 Å². The topological polar surface area (TPSA) is 102 Å². The largest absolute Gasteiger partial charge is 0.490 e. The maximum absolute atomic E-state index is 13.7. The highest BCUT2D eigenvalue weighted by Crippen LogP contribution is 2.35. The Kier molecular flexibility index (Phi) is 6.37. The van der Waals surface area contributed by atoms with Gasteiger partial charge in [0.1, 0.15) is 40.3 Å². The predicted molar refractivity (Wildman–Crippen MR) is 128 cm³/mol. The van der Waals surface area contributed by atoms with Gasteiger partial charge in [0.05, 0.1) is 12.2 Å². The summed E-state index contributed by atoms with van der Waals surface area (Å²) in [5, 5.41) is 7.89. The van der Waals surface area contributed by atoms with Gasteiger partial charge in [-0.2, -0.15) is 5.10 Å². The molecule has 0 saturated carbocycles. The zero-order valence-electron chi connectivity index (χ0n) is 20.4. The highest BCUT2D eigenvalue weighted by molar-refractivity contribution is 6.30. The Balaban J connectivity index is 1.63. The number of halogens is 1. The second-order valence-corrected chi connectivity index (χ2v) is 10.3. The van der Waals surface area contributed by atoms with Crippen LogP contribution in [0.4, 0.5) is 16.4 Å². The van der Waals surface area contributed by atoms with Crippen LogP contribution in [0.2, 0.25) is 5.15 Å². The highest BCUT2D eigenvalue weighted by atomic mass is 35.5. The lowest BCUT2D eigenvalue weighted by molar-refractivity contribution is 0.000957. The summed E-state index contributed by atoms with van der Waals surface area (Å²) in [6.07, 6.45) is 1.36. The zero-order valence-corrected chi connectivity index (χ0v) is 21.1. The second-order valence-electron chi connectivity index (χ2n) is 9.90. The summed E-state index contributed by atoms with van der Waals surface area (Å²) in [6, 6.07) is 1.33. The highest BCUT2D eigenvalue weighted by Gasteiger charge is 2.39. The number of anilines is 2. The number of piperazine rings is 1. The van der Waals surface area contributed by atoms with Gasteiger partial charge in [-0.3, -0.25) is 4.79 Å². The molecular weight excluding hydrogens is 460 g/mol. The van der Waals surface area contributed by atoms with E-state index in [1.54, 1.807) is 22.1 Å². The third-order valence-corrected chi connectivity index (χ3v) is 5.89. The van der Waals surface area contributed by atoms with Crippen LogP contribution in [-0.2, 0) is 4.74 Å². The molecule has 2 aromatic heterocycles. The van der Waals surface area contributed by atoms with Crippen molar-refractivity contribution < 1.29 is 19.1 Å². The molecule has 4 rings (SSSR count). The lowest BCUT2D eigenvalue weighted by Gasteiger charge is -2.40. The van der Waals surface area contributed by atoms with Gasteiger partial charge in [-0.15, -0.1) is 0 Å². The molecule has 2 aliphatic heterocycles. The van der Waals surface area contributed by atoms with Crippen molar-refractivity contribution in [3.05, 3.63) is 28.5 Å². The van der Waals surface area contributed by atoms with Gasteiger partial charge in [-0.1, -0.05) is 11.6 Å². The van der Waals surface area contributed by atoms with Crippen LogP contribution in [0.15, 0.2) is 12.3 Å². The van der Waals surface area contributed by atoms with Crippen molar-refractivity contribution in [2.24, 2.45) is 0 Å². The average Bonchev–Trinajstić information content (AvgIpc) is 3.03. The lowest BCUT2D eigenvalue weighted by atomic mass is 10.1. The molecule has 2 aliphatic rings. The van der Waals surface area contributed by atoms with Crippen molar-refractivity contribution in [3.63, 3.8) is 0 Å². The maximum atomic E-state index is 13.7. The van der Waals surface area contributed by atoms with Gasteiger partial charge >= 0.3 is 6.09 Å². The molecule has 0 aromatic carbocycles. The standard InChI is InChI=1S/C23H31ClN6O4/c1-13(2)30-20(14(3)10-25-30)27-19-18-16(9-17(24)26-19)33-12-15-11-28(7-8-29(15)21(18)31)22(32)34-23(4,5)6/h9-10,13,15H,7-8,11-12H2,1-6H3,(H,26,27). The Morgan fingerprint density at radius 1 is 1.32 bits per heavy atom. The number of rotatable bonds is 3. The molecule has 1 fully saturated rings. The Morgan fingerprint density at radius 3 is 2.74 bits per heavy atom. The number of hydrogen-bond donors (Lipinski definition) is 1. The smallest absolute Gasteiger partial charge is 0.410 e. The number of aryl methyl sites for hydroxylation is 1. The van der Waals surface area contributed by atoms with Crippen molar-refractivity contribution in [1.29, 1.82) is 0 Å². The van der Waals surface area contributed by atoms with Crippen molar-refractivity contribution in [1.82, 2.24) is 24.6 Å². The molecule has 1 unspecified atom stereocenters. The van der Waals surface area contributed by atoms with Crippen LogP contribution >= 0.6 is 11.6 Å². The monoisotopic (exact) mass is 490 g/mol. The van der Waals surface area contributed by atoms with Crippen LogP contribution in [0.25, 0.3) is 0 Å². The minimum Gasteiger partial charge on any atom is -0.490 e. The predicted octanol–water partition coefficient (Wildman–Crippen LogP) is 4.02. The third-order valence-electron chi connectivity index (χ3n) is 5.70. The molecule has 0 aliphatic carbocycles. The molecule has 4 heterocycles. The SMILES string of the molecule is Cc1cnn(C(C)C)c1Nc1nc(Cl)cc2c1C(=O)N1CCN(C(=O)OC(C)(C)C)CC1CO2. The minimum absolute atomic E-state index is 0.103. The van der Waals surface area contributed by atoms with E-state index in [4.69, 9.17) is 21.1 Å². The van der Waals surface area contributed by atoms with Gasteiger partial charge < -0.3 is 24.6 Å². The van der Waals surface area contributed by atoms with Crippen LogP contribution in [-0.4, -0.2) is 74.4 Å². The molecule has 1 N–H and O–H groups in total. The van der Waals surface area contributed by atoms with E-state index in [1.807, 2.05) is 46.2 Å². The summed E-state index contributed by atoms with van der Waals surface area (Å²) >= 11 is 6.30. The zero-order chi connectivity index (χ0) is 24.8. The first-order valence-electron chi connectivity index (χ1n) is 11.4. The van der Waals surface area contributed by atoms with E-state index < -0.39 is 11.7 Å². The third kappa shape index (κ3) is 4.77. The fourth-order valence-electron chi connectivity index (χ4n) is 4.10. The Morgan fingerprint density at radius 2 is 2.06 bits per heavy atom. The summed E-state index contributed by atoms with van der Waals surface area (Å²) in [4.78, 5) is 34.1. The Bertz CT molecular complexity index is 1110. The number of nitrogens with one attached hydrogen (secondary N) is 1. The number of amides is 2. The fourth-order valence-corrected chi connectivity index (χ4v) is 4.28. The van der Waals surface area contributed by atoms with Crippen LogP contribution < -0.4 is 10.1 Å². The van der Waals surface area contributed by atoms with E-state index in [0.29, 0.717) is 36.8 Å². The van der Waals surface area contributed by atoms with Gasteiger partial charge in [0.2, 0.25) is 0 Å². The van der Waals surface area contributed by atoms with Crippen molar-refractivity contribution in [2.45, 2.75) is 59.2 Å². The molecule has 0 bridgehead atoms. The number of carbonyl (C=O) groups is 2. The molecule has 0 spiro atoms. The quantitative estimate of drug-likeness (QED) is 0.648. The second kappa shape index (κ2) is 8.98. The maximum Gasteiger partial charge on any atom is 0.410 e. The van der Waals surface area contributed by atoms with Gasteiger partial charge in [-0.25, -0.2) is 14.5 Å². The van der Waals surface area contributed by atoms with Gasteiger partial charge in [-0.05, 0) is 41.5 Å². The molecule has 10 nitrogen and oxygen atoms in total. The van der Waals surface area contributed by atoms with Crippen LogP contribution in [0.1, 0.15) is 56.6 Å². The number of hydrogen-bond acceptors (Lipinski definition) is 7. The Hall–Kier alpha value is -3.01. The summed E-state index contributed by atoms with van der Waals surface area (Å²) in [5.74, 6) is 1.18. The number of ether oxygens (including phenoxy) is 2. The number of carbonyl (C=O) groups excluding carboxylic acids is 2. The molecule has 1 saturated heterocycles. The van der Waals surface area contributed by atoms with E-state index in [2.05, 4.69) is 15.4 Å². The first kappa shape index (κ1) is 24.1. The van der Waals surface area contributed by atoms with Crippen molar-refractivity contribution in [2.75, 3.05) is 31.6 Å². The van der Waals surface area contributed by atoms with E-state index in [1.165, 1.54) is 0 Å². The number of fused-ring (bicyclic) bond motifs is 2. The first-order valence-corrected chi connectivity index (χ1v) is 11.8. The number of aromatic nitrogens is 3. The molecule has 2 aromatic rings. The average molecular weight is 491 g/mol. The fraction of sp³-hybridized carbons (Fsp3) is 0.565. The molecule has 0 radical (unpaired) electrons. The molecule has 1 atom stereocenters. The van der Waals surface area contributed by atoms with E-state index in [0.717, 1.165) is 11.4 Å². The number of nitrogens with zero attached hydrogens (tertiary/aromatic N) is 5. The molecule has 2 amide bonds. The molecule has 34 heavy (non-hydrogen) atoms. The van der Waals surface area contributed by atoms with Crippen LogP contribution in [0.5, 0.6) is 5.75 Å². The first-order chi connectivity index (χ1) is 15.9. The van der Waals surface area contributed by atoms with Gasteiger partial charge in [0.25, 0.3) is 5.91 Å². The molecule has 184 valence electrons. The number of pyridine rings is 1. The summed E-state index contributed by atoms with van der Waals surface area (Å²) in [6.45, 7) is 12.7. The normalized spacial score (nSPS) is 18.2. The summed E-state index contributed by atoms with van der Waals surface area (Å²) < 4.78 is 13.4. The Labute approximate surface area is 204 Å². The van der Waals surface area contributed by atoms with Crippen molar-refractivity contribution in [3.8, 4) is 5.75 Å². The van der Waals surface area contributed by atoms with Gasteiger partial charge in [0, 0.05) is 37.3 Å². The van der Waals surface area contributed by atoms with Crippen LogP contribution in [0.3, 0.4) is 0 Å². The van der Waals surface area contributed by atoms with Crippen LogP contribution in [0, 0.1) is 6.92 Å². The summed E-state index contributed by atoms with van der Waals surface area (Å²) in [7, 11) is 0. The van der Waals surface area contributed by atoms with Crippen molar-refractivity contribution >= 4 is 35.2 Å². The lowest BCUT2D eigenvalue weighted by Crippen LogP contribution is -2.58. The summed E-state index contributed by atoms with van der Waals surface area (Å²) in [5.41, 5.74) is 0.632. The molecular formula is C23H31ClN6O4. The van der Waals surface area contributed by atoms with E-state index >= 15 is 0 Å². The van der Waals surface area contributed by atoms with E-state index in [-0.39, 0.29) is 29.8 Å². The minimum atomic E-state index is -0.593.